The van der Waals surface area contributed by atoms with E-state index in [0.717, 1.165) is 78.4 Å². The molecule has 6 rings (SSSR count). The fourth-order valence-corrected chi connectivity index (χ4v) is 6.17. The number of anilines is 2. The number of carbonyl (C=O) groups excluding carboxylic acids is 2. The number of aromatic amines is 1. The Balaban J connectivity index is 0.000000171. The van der Waals surface area contributed by atoms with Crippen LogP contribution in [0.3, 0.4) is 0 Å². The Morgan fingerprint density at radius 3 is 2.65 bits per heavy atom. The summed E-state index contributed by atoms with van der Waals surface area (Å²) >= 11 is 1.68. The van der Waals surface area contributed by atoms with Gasteiger partial charge in [-0.05, 0) is 57.4 Å². The third kappa shape index (κ3) is 7.95. The number of carbonyl (C=O) groups is 2. The van der Waals surface area contributed by atoms with Gasteiger partial charge >= 0.3 is 0 Å². The number of H-pyrrole nitrogens is 1. The summed E-state index contributed by atoms with van der Waals surface area (Å²) in [5.74, 6) is 1.22. The van der Waals surface area contributed by atoms with Crippen molar-refractivity contribution in [1.29, 1.82) is 0 Å². The highest BCUT2D eigenvalue weighted by Crippen LogP contribution is 2.29. The summed E-state index contributed by atoms with van der Waals surface area (Å²) in [5, 5.41) is 14.0. The van der Waals surface area contributed by atoms with E-state index >= 15 is 0 Å². The van der Waals surface area contributed by atoms with Crippen LogP contribution in [-0.4, -0.2) is 89.3 Å². The number of hydrogen-bond donors (Lipinski definition) is 2. The summed E-state index contributed by atoms with van der Waals surface area (Å²) in [6, 6.07) is 9.31. The number of pyridine rings is 1. The number of nitrogens with one attached hydrogen (secondary N) is 2. The van der Waals surface area contributed by atoms with Gasteiger partial charge in [0.25, 0.3) is 0 Å². The van der Waals surface area contributed by atoms with Crippen molar-refractivity contribution in [2.75, 3.05) is 50.1 Å². The van der Waals surface area contributed by atoms with E-state index in [2.05, 4.69) is 35.3 Å². The molecule has 2 saturated heterocycles. The van der Waals surface area contributed by atoms with Crippen LogP contribution < -0.4 is 15.0 Å². The number of Topliss-reactive ketones (excluding diaryl/α,β-unsaturated/α-hetero) is 1. The Hall–Kier alpha value is -3.87. The van der Waals surface area contributed by atoms with Crippen molar-refractivity contribution in [1.82, 2.24) is 25.1 Å². The maximum Gasteiger partial charge on any atom is 0.213 e. The zero-order valence-corrected chi connectivity index (χ0v) is 25.7. The number of ether oxygens (including phenoxy) is 2. The number of likely N-dealkylation sites (tertiary alicyclic amines) is 1. The molecule has 12 heteroatoms. The molecule has 0 aliphatic carbocycles. The number of methoxy groups -OCH3 is 1. The quantitative estimate of drug-likeness (QED) is 0.249. The molecule has 2 aliphatic heterocycles. The first-order chi connectivity index (χ1) is 20.9. The Morgan fingerprint density at radius 1 is 1.16 bits per heavy atom. The zero-order chi connectivity index (χ0) is 30.2. The van der Waals surface area contributed by atoms with Crippen LogP contribution in [0.15, 0.2) is 48.1 Å². The van der Waals surface area contributed by atoms with E-state index in [1.165, 1.54) is 0 Å². The molecule has 4 aromatic rings. The van der Waals surface area contributed by atoms with E-state index in [9.17, 15) is 9.59 Å². The van der Waals surface area contributed by atoms with E-state index < -0.39 is 0 Å². The number of benzene rings is 1. The number of fused-ring (bicyclic) bond motifs is 1. The molecule has 1 aromatic carbocycles. The lowest BCUT2D eigenvalue weighted by Crippen LogP contribution is -2.39. The molecule has 0 spiro atoms. The van der Waals surface area contributed by atoms with Crippen LogP contribution in [0.1, 0.15) is 33.1 Å². The second-order valence-electron chi connectivity index (χ2n) is 11.1. The van der Waals surface area contributed by atoms with E-state index in [0.29, 0.717) is 30.7 Å². The topological polar surface area (TPSA) is 126 Å². The Bertz CT molecular complexity index is 1470. The minimum absolute atomic E-state index is 0.0848. The number of ketones is 1. The first-order valence-corrected chi connectivity index (χ1v) is 15.5. The second kappa shape index (κ2) is 14.5. The van der Waals surface area contributed by atoms with Crippen LogP contribution in [0, 0.1) is 5.92 Å². The number of hydrogen-bond acceptors (Lipinski definition) is 10. The summed E-state index contributed by atoms with van der Waals surface area (Å²) in [5.41, 5.74) is 3.28. The molecule has 43 heavy (non-hydrogen) atoms. The van der Waals surface area contributed by atoms with Gasteiger partial charge in [0.15, 0.2) is 5.13 Å². The van der Waals surface area contributed by atoms with Gasteiger partial charge in [0.2, 0.25) is 12.3 Å². The van der Waals surface area contributed by atoms with Crippen molar-refractivity contribution in [3.8, 4) is 17.1 Å². The number of rotatable bonds is 10. The van der Waals surface area contributed by atoms with Gasteiger partial charge in [0.1, 0.15) is 11.5 Å². The second-order valence-corrected chi connectivity index (χ2v) is 11.9. The molecule has 1 amide bonds. The van der Waals surface area contributed by atoms with Crippen LogP contribution >= 0.6 is 11.3 Å². The summed E-state index contributed by atoms with van der Waals surface area (Å²) in [6.07, 6.45) is 7.59. The molecule has 0 radical (unpaired) electrons. The third-order valence-electron chi connectivity index (χ3n) is 7.74. The molecule has 2 fully saturated rings. The SMILES string of the molecule is CC(C)Oc1ccc(-c2n[nH]c3ccc(NC=O)cc23)cn1.CO[C@H]1CCN(CC(=O)C2CCN(c3nccs3)CC2)C1. The molecule has 3 aromatic heterocycles. The number of nitrogens with zero attached hydrogens (tertiary/aromatic N) is 5. The molecule has 0 bridgehead atoms. The molecular weight excluding hydrogens is 566 g/mol. The van der Waals surface area contributed by atoms with Gasteiger partial charge in [-0.25, -0.2) is 9.97 Å². The first kappa shape index (κ1) is 30.6. The van der Waals surface area contributed by atoms with Gasteiger partial charge in [-0.3, -0.25) is 19.6 Å². The van der Waals surface area contributed by atoms with E-state index in [1.54, 1.807) is 24.6 Å². The lowest BCUT2D eigenvalue weighted by atomic mass is 9.92. The van der Waals surface area contributed by atoms with E-state index in [1.807, 2.05) is 55.8 Å². The largest absolute Gasteiger partial charge is 0.475 e. The van der Waals surface area contributed by atoms with Gasteiger partial charge in [-0.2, -0.15) is 5.10 Å². The monoisotopic (exact) mass is 605 g/mol. The fraction of sp³-hybridized carbons (Fsp3) is 0.452. The molecular formula is C31H39N7O4S. The standard InChI is InChI=1S/C16H16N4O2.C15H23N3O2S/c1-10(2)22-15-6-3-11(8-17-15)16-13-7-12(18-9-21)4-5-14(13)19-20-16;1-20-13-4-6-17(10-13)11-14(19)12-2-7-18(8-3-12)15-16-5-9-21-15/h3-10H,1-2H3,(H,18,21)(H,19,20);5,9,12-13H,2-4,6-8,10-11H2,1H3/t;13-/m.0/s1. The molecule has 0 unspecified atom stereocenters. The lowest BCUT2D eigenvalue weighted by molar-refractivity contribution is -0.124. The van der Waals surface area contributed by atoms with Crippen molar-refractivity contribution >= 4 is 45.3 Å². The summed E-state index contributed by atoms with van der Waals surface area (Å²) < 4.78 is 10.9. The van der Waals surface area contributed by atoms with E-state index in [4.69, 9.17) is 9.47 Å². The van der Waals surface area contributed by atoms with Gasteiger partial charge in [-0.1, -0.05) is 0 Å². The molecule has 2 aliphatic rings. The van der Waals surface area contributed by atoms with E-state index in [-0.39, 0.29) is 12.0 Å². The minimum Gasteiger partial charge on any atom is -0.475 e. The van der Waals surface area contributed by atoms with Crippen LogP contribution in [0.5, 0.6) is 5.88 Å². The van der Waals surface area contributed by atoms with Crippen molar-refractivity contribution in [2.45, 2.75) is 45.3 Å². The minimum atomic E-state index is 0.0848. The van der Waals surface area contributed by atoms with Crippen LogP contribution in [-0.2, 0) is 14.3 Å². The van der Waals surface area contributed by atoms with Crippen molar-refractivity contribution in [3.05, 3.63) is 48.1 Å². The Morgan fingerprint density at radius 2 is 2.00 bits per heavy atom. The fourth-order valence-electron chi connectivity index (χ4n) is 5.47. The summed E-state index contributed by atoms with van der Waals surface area (Å²) in [6.45, 7) is 8.30. The molecule has 5 heterocycles. The average Bonchev–Trinajstić information content (AvgIpc) is 3.79. The highest BCUT2D eigenvalue weighted by molar-refractivity contribution is 7.13. The van der Waals surface area contributed by atoms with Gasteiger partial charge in [0.05, 0.1) is 24.3 Å². The maximum atomic E-state index is 12.4. The van der Waals surface area contributed by atoms with Crippen LogP contribution in [0.25, 0.3) is 22.2 Å². The highest BCUT2D eigenvalue weighted by atomic mass is 32.1. The Labute approximate surface area is 255 Å². The first-order valence-electron chi connectivity index (χ1n) is 14.7. The molecule has 1 atom stereocenters. The molecule has 0 saturated carbocycles. The smallest absolute Gasteiger partial charge is 0.213 e. The third-order valence-corrected chi connectivity index (χ3v) is 8.57. The maximum absolute atomic E-state index is 12.4. The van der Waals surface area contributed by atoms with Crippen molar-refractivity contribution in [3.63, 3.8) is 0 Å². The highest BCUT2D eigenvalue weighted by Gasteiger charge is 2.29. The van der Waals surface area contributed by atoms with Crippen LogP contribution in [0.2, 0.25) is 0 Å². The summed E-state index contributed by atoms with van der Waals surface area (Å²) in [7, 11) is 1.75. The molecule has 2 N–H and O–H groups in total. The Kier molecular flexibility index (Phi) is 10.3. The predicted octanol–water partition coefficient (Wildman–Crippen LogP) is 4.63. The molecule has 228 valence electrons. The lowest BCUT2D eigenvalue weighted by Gasteiger charge is -2.31. The zero-order valence-electron chi connectivity index (χ0n) is 24.9. The predicted molar refractivity (Wildman–Crippen MR) is 169 cm³/mol. The van der Waals surface area contributed by atoms with Crippen molar-refractivity contribution in [2.24, 2.45) is 5.92 Å². The normalized spacial score (nSPS) is 17.6. The average molecular weight is 606 g/mol. The number of amides is 1. The summed E-state index contributed by atoms with van der Waals surface area (Å²) in [4.78, 5) is 36.2. The number of aromatic nitrogens is 4. The molecule has 11 nitrogen and oxygen atoms in total. The van der Waals surface area contributed by atoms with Crippen LogP contribution in [0.4, 0.5) is 10.8 Å². The van der Waals surface area contributed by atoms with Crippen molar-refractivity contribution < 1.29 is 19.1 Å². The van der Waals surface area contributed by atoms with Gasteiger partial charge < -0.3 is 19.7 Å². The van der Waals surface area contributed by atoms with Gasteiger partial charge in [-0.15, -0.1) is 11.3 Å². The number of thiazole rings is 1. The number of piperidine rings is 1. The van der Waals surface area contributed by atoms with Gasteiger partial charge in [0, 0.05) is 79.7 Å².